The first-order chi connectivity index (χ1) is 9.08. The van der Waals surface area contributed by atoms with Crippen molar-refractivity contribution in [2.24, 2.45) is 7.05 Å². The summed E-state index contributed by atoms with van der Waals surface area (Å²) in [7, 11) is 3.88. The zero-order valence-electron chi connectivity index (χ0n) is 10.9. The molecule has 0 aliphatic heterocycles. The Kier molecular flexibility index (Phi) is 3.66. The van der Waals surface area contributed by atoms with E-state index in [1.165, 1.54) is 12.1 Å². The lowest BCUT2D eigenvalue weighted by Gasteiger charge is -1.96. The van der Waals surface area contributed by atoms with Gasteiger partial charge in [0.05, 0.1) is 4.92 Å². The molecule has 0 spiro atoms. The summed E-state index contributed by atoms with van der Waals surface area (Å²) in [6.45, 7) is 0. The number of aryl methyl sites for hydroxylation is 1. The number of nitro groups is 1. The standard InChI is InChI=1S/C14H15N3O2/c1-15-10-4-3-5-14(15)11-16(2)12-6-8-13(9-7-12)17(18)19/h3-11H,1-2H3/q+2. The summed E-state index contributed by atoms with van der Waals surface area (Å²) in [6, 6.07) is 12.4. The van der Waals surface area contributed by atoms with Crippen molar-refractivity contribution in [3.05, 3.63) is 64.5 Å². The fourth-order valence-corrected chi connectivity index (χ4v) is 1.75. The number of rotatable bonds is 3. The Morgan fingerprint density at radius 1 is 1.11 bits per heavy atom. The summed E-state index contributed by atoms with van der Waals surface area (Å²) in [4.78, 5) is 10.2. The number of hydrogen-bond acceptors (Lipinski definition) is 2. The van der Waals surface area contributed by atoms with Crippen molar-refractivity contribution < 1.29 is 14.1 Å². The first-order valence-electron chi connectivity index (χ1n) is 5.85. The molecule has 0 bridgehead atoms. The third-order valence-electron chi connectivity index (χ3n) is 2.89. The molecular formula is C14H15N3O2+2. The van der Waals surface area contributed by atoms with Gasteiger partial charge in [-0.25, -0.2) is 0 Å². The van der Waals surface area contributed by atoms with Crippen molar-refractivity contribution in [3.63, 3.8) is 0 Å². The third kappa shape index (κ3) is 3.01. The van der Waals surface area contributed by atoms with Gasteiger partial charge < -0.3 is 0 Å². The minimum absolute atomic E-state index is 0.0995. The highest BCUT2D eigenvalue weighted by Crippen LogP contribution is 2.16. The van der Waals surface area contributed by atoms with Crippen LogP contribution < -0.4 is 4.57 Å². The number of hydrogen-bond donors (Lipinski definition) is 0. The van der Waals surface area contributed by atoms with Crippen LogP contribution in [0.5, 0.6) is 0 Å². The molecule has 2 rings (SSSR count). The van der Waals surface area contributed by atoms with Crippen LogP contribution in [-0.4, -0.2) is 22.8 Å². The molecule has 0 N–H and O–H groups in total. The molecule has 0 saturated carbocycles. The third-order valence-corrected chi connectivity index (χ3v) is 2.89. The molecule has 1 aromatic carbocycles. The molecule has 1 aromatic heterocycles. The van der Waals surface area contributed by atoms with Gasteiger partial charge in [-0.3, -0.25) is 10.1 Å². The molecule has 0 radical (unpaired) electrons. The molecule has 0 aliphatic carbocycles. The van der Waals surface area contributed by atoms with E-state index < -0.39 is 4.92 Å². The Hall–Kier alpha value is -2.56. The molecule has 5 nitrogen and oxygen atoms in total. The molecule has 0 aliphatic rings. The number of non-ortho nitro benzene ring substituents is 1. The monoisotopic (exact) mass is 257 g/mol. The lowest BCUT2D eigenvalue weighted by atomic mass is 10.3. The van der Waals surface area contributed by atoms with Crippen LogP contribution in [0.25, 0.3) is 0 Å². The Bertz CT molecular complexity index is 633. The molecule has 96 valence electrons. The van der Waals surface area contributed by atoms with Crippen molar-refractivity contribution in [2.75, 3.05) is 7.05 Å². The van der Waals surface area contributed by atoms with Gasteiger partial charge in [0.1, 0.15) is 14.1 Å². The van der Waals surface area contributed by atoms with Gasteiger partial charge in [0.2, 0.25) is 11.9 Å². The zero-order chi connectivity index (χ0) is 13.8. The molecule has 0 saturated heterocycles. The van der Waals surface area contributed by atoms with Crippen LogP contribution in [0.4, 0.5) is 11.4 Å². The van der Waals surface area contributed by atoms with Crippen LogP contribution in [0.15, 0.2) is 48.7 Å². The van der Waals surface area contributed by atoms with E-state index in [0.29, 0.717) is 0 Å². The van der Waals surface area contributed by atoms with E-state index in [9.17, 15) is 10.1 Å². The average Bonchev–Trinajstić information content (AvgIpc) is 2.41. The number of nitro benzene ring substituents is 1. The lowest BCUT2D eigenvalue weighted by molar-refractivity contribution is -0.674. The first kappa shape index (κ1) is 12.9. The Balaban J connectivity index is 2.31. The van der Waals surface area contributed by atoms with Gasteiger partial charge in [0.15, 0.2) is 6.20 Å². The number of benzene rings is 1. The Morgan fingerprint density at radius 3 is 2.32 bits per heavy atom. The highest BCUT2D eigenvalue weighted by atomic mass is 16.6. The van der Waals surface area contributed by atoms with Gasteiger partial charge in [0, 0.05) is 36.4 Å². The molecule has 0 unspecified atom stereocenters. The summed E-state index contributed by atoms with van der Waals surface area (Å²) >= 11 is 0. The van der Waals surface area contributed by atoms with Gasteiger partial charge in [-0.2, -0.15) is 9.14 Å². The number of nitrogens with zero attached hydrogens (tertiary/aromatic N) is 3. The summed E-state index contributed by atoms with van der Waals surface area (Å²) in [6.07, 6.45) is 3.94. The van der Waals surface area contributed by atoms with Crippen LogP contribution in [-0.2, 0) is 7.05 Å². The first-order valence-corrected chi connectivity index (χ1v) is 5.85. The maximum Gasteiger partial charge on any atom is 0.269 e. The van der Waals surface area contributed by atoms with E-state index in [0.717, 1.165) is 11.4 Å². The summed E-state index contributed by atoms with van der Waals surface area (Å²) in [5.74, 6) is 0. The van der Waals surface area contributed by atoms with Gasteiger partial charge in [-0.05, 0) is 6.07 Å². The van der Waals surface area contributed by atoms with Crippen molar-refractivity contribution in [1.29, 1.82) is 0 Å². The van der Waals surface area contributed by atoms with Crippen LogP contribution in [0, 0.1) is 10.1 Å². The maximum atomic E-state index is 10.6. The Labute approximate surface area is 111 Å². The molecule has 2 aromatic rings. The smallest absolute Gasteiger partial charge is 0.258 e. The van der Waals surface area contributed by atoms with Gasteiger partial charge >= 0.3 is 0 Å². The predicted octanol–water partition coefficient (Wildman–Crippen LogP) is 1.81. The molecule has 19 heavy (non-hydrogen) atoms. The van der Waals surface area contributed by atoms with E-state index in [2.05, 4.69) is 0 Å². The van der Waals surface area contributed by atoms with E-state index >= 15 is 0 Å². The summed E-state index contributed by atoms with van der Waals surface area (Å²) in [5, 5.41) is 10.6. The van der Waals surface area contributed by atoms with Crippen LogP contribution in [0.2, 0.25) is 0 Å². The van der Waals surface area contributed by atoms with Crippen molar-refractivity contribution in [3.8, 4) is 0 Å². The van der Waals surface area contributed by atoms with E-state index in [-0.39, 0.29) is 5.69 Å². The SMILES string of the molecule is C[N+](=Cc1cccc[n+]1C)c1ccc([N+](=O)[O-])cc1. The van der Waals surface area contributed by atoms with Gasteiger partial charge in [-0.1, -0.05) is 0 Å². The highest BCUT2D eigenvalue weighted by molar-refractivity contribution is 5.71. The average molecular weight is 257 g/mol. The van der Waals surface area contributed by atoms with Crippen LogP contribution in [0.1, 0.15) is 5.69 Å². The van der Waals surface area contributed by atoms with Crippen LogP contribution in [0.3, 0.4) is 0 Å². The normalized spacial score (nSPS) is 11.4. The van der Waals surface area contributed by atoms with Gasteiger partial charge in [0.25, 0.3) is 11.4 Å². The molecule has 0 atom stereocenters. The molecule has 5 heteroatoms. The highest BCUT2D eigenvalue weighted by Gasteiger charge is 2.11. The fraction of sp³-hybridized carbons (Fsp3) is 0.143. The summed E-state index contributed by atoms with van der Waals surface area (Å²) in [5.41, 5.74) is 2.04. The minimum atomic E-state index is -0.398. The topological polar surface area (TPSA) is 50.0 Å². The lowest BCUT2D eigenvalue weighted by Crippen LogP contribution is -2.33. The minimum Gasteiger partial charge on any atom is -0.258 e. The van der Waals surface area contributed by atoms with Crippen molar-refractivity contribution in [2.45, 2.75) is 0 Å². The molecular weight excluding hydrogens is 242 g/mol. The van der Waals surface area contributed by atoms with E-state index in [1.807, 2.05) is 53.8 Å². The van der Waals surface area contributed by atoms with Crippen molar-refractivity contribution >= 4 is 17.6 Å². The molecule has 0 amide bonds. The second-order valence-electron chi connectivity index (χ2n) is 4.25. The summed E-state index contributed by atoms with van der Waals surface area (Å²) < 4.78 is 3.93. The molecule has 1 heterocycles. The second kappa shape index (κ2) is 5.39. The van der Waals surface area contributed by atoms with E-state index in [1.54, 1.807) is 12.1 Å². The fourth-order valence-electron chi connectivity index (χ4n) is 1.75. The number of aromatic nitrogens is 1. The largest absolute Gasteiger partial charge is 0.269 e. The van der Waals surface area contributed by atoms with E-state index in [4.69, 9.17) is 0 Å². The molecule has 0 fully saturated rings. The maximum absolute atomic E-state index is 10.6. The van der Waals surface area contributed by atoms with Gasteiger partial charge in [-0.15, -0.1) is 0 Å². The quantitative estimate of drug-likeness (QED) is 0.364. The second-order valence-corrected chi connectivity index (χ2v) is 4.25. The Morgan fingerprint density at radius 2 is 1.74 bits per heavy atom. The van der Waals surface area contributed by atoms with Crippen molar-refractivity contribution in [1.82, 2.24) is 0 Å². The predicted molar refractivity (Wildman–Crippen MR) is 71.7 cm³/mol. The zero-order valence-corrected chi connectivity index (χ0v) is 10.9. The number of pyridine rings is 1. The van der Waals surface area contributed by atoms with Crippen LogP contribution >= 0.6 is 0 Å².